The Morgan fingerprint density at radius 3 is 2.61 bits per heavy atom. The van der Waals surface area contributed by atoms with Crippen molar-refractivity contribution in [2.45, 2.75) is 39.7 Å². The Hall–Kier alpha value is -1.41. The van der Waals surface area contributed by atoms with E-state index >= 15 is 0 Å². The number of carbonyl (C=O) groups excluding carboxylic acids is 1. The molecular weight excluding hydrogens is 224 g/mol. The fourth-order valence-corrected chi connectivity index (χ4v) is 1.66. The molecule has 0 aliphatic carbocycles. The highest BCUT2D eigenvalue weighted by Crippen LogP contribution is 2.05. The molecule has 0 atom stereocenters. The Morgan fingerprint density at radius 2 is 1.94 bits per heavy atom. The fourth-order valence-electron chi connectivity index (χ4n) is 1.66. The van der Waals surface area contributed by atoms with E-state index in [9.17, 15) is 4.79 Å². The lowest BCUT2D eigenvalue weighted by Gasteiger charge is -2.04. The van der Waals surface area contributed by atoms with Gasteiger partial charge in [-0.05, 0) is 32.3 Å². The molecule has 0 saturated carbocycles. The van der Waals surface area contributed by atoms with Crippen LogP contribution in [0.5, 0.6) is 0 Å². The summed E-state index contributed by atoms with van der Waals surface area (Å²) >= 11 is 0. The molecule has 2 heteroatoms. The van der Waals surface area contributed by atoms with Crippen LogP contribution in [0.2, 0.25) is 0 Å². The number of Topliss-reactive ketones (excluding diaryl/α,β-unsaturated/α-hetero) is 1. The predicted octanol–water partition coefficient (Wildman–Crippen LogP) is 3.91. The lowest BCUT2D eigenvalue weighted by molar-refractivity contribution is -0.117. The van der Waals surface area contributed by atoms with Crippen LogP contribution in [0.25, 0.3) is 0 Å². The number of hydrogen-bond acceptors (Lipinski definition) is 2. The number of allylic oxidation sites excluding steroid dienone is 1. The first-order valence-electron chi connectivity index (χ1n) is 6.45. The molecule has 0 aliphatic heterocycles. The van der Waals surface area contributed by atoms with Crippen LogP contribution in [0.15, 0.2) is 42.0 Å². The van der Waals surface area contributed by atoms with Gasteiger partial charge in [0.2, 0.25) is 0 Å². The van der Waals surface area contributed by atoms with Crippen molar-refractivity contribution in [2.75, 3.05) is 6.61 Å². The van der Waals surface area contributed by atoms with E-state index in [2.05, 4.69) is 25.1 Å². The van der Waals surface area contributed by atoms with Gasteiger partial charge in [0.05, 0.1) is 13.2 Å². The van der Waals surface area contributed by atoms with Crippen LogP contribution in [0.4, 0.5) is 0 Å². The summed E-state index contributed by atoms with van der Waals surface area (Å²) in [5.41, 5.74) is 2.43. The molecule has 0 bridgehead atoms. The maximum absolute atomic E-state index is 10.8. The maximum Gasteiger partial charge on any atom is 0.129 e. The van der Waals surface area contributed by atoms with Gasteiger partial charge in [-0.25, -0.2) is 0 Å². The number of carbonyl (C=O) groups is 1. The van der Waals surface area contributed by atoms with Gasteiger partial charge >= 0.3 is 0 Å². The van der Waals surface area contributed by atoms with Gasteiger partial charge in [0, 0.05) is 6.42 Å². The van der Waals surface area contributed by atoms with Gasteiger partial charge in [0.1, 0.15) is 5.78 Å². The molecule has 0 fully saturated rings. The molecule has 1 aromatic rings. The SMILES string of the molecule is CC(=O)CCC/C=C(\C)COCc1ccccc1. The van der Waals surface area contributed by atoms with E-state index < -0.39 is 0 Å². The van der Waals surface area contributed by atoms with Crippen LogP contribution in [0.3, 0.4) is 0 Å². The van der Waals surface area contributed by atoms with Crippen molar-refractivity contribution in [2.24, 2.45) is 0 Å². The Bertz CT molecular complexity index is 379. The monoisotopic (exact) mass is 246 g/mol. The Kier molecular flexibility index (Phi) is 7.04. The van der Waals surface area contributed by atoms with E-state index in [0.717, 1.165) is 12.8 Å². The number of ether oxygens (including phenoxy) is 1. The van der Waals surface area contributed by atoms with Gasteiger partial charge in [-0.2, -0.15) is 0 Å². The molecule has 0 saturated heterocycles. The van der Waals surface area contributed by atoms with Crippen LogP contribution in [-0.4, -0.2) is 12.4 Å². The Balaban J connectivity index is 2.14. The first-order valence-corrected chi connectivity index (χ1v) is 6.45. The molecule has 98 valence electrons. The Labute approximate surface area is 110 Å². The minimum absolute atomic E-state index is 0.265. The number of unbranched alkanes of at least 4 members (excludes halogenated alkanes) is 1. The smallest absolute Gasteiger partial charge is 0.129 e. The lowest BCUT2D eigenvalue weighted by Crippen LogP contribution is -1.96. The van der Waals surface area contributed by atoms with E-state index in [1.54, 1.807) is 6.92 Å². The number of ketones is 1. The first-order chi connectivity index (χ1) is 8.68. The molecule has 0 N–H and O–H groups in total. The molecular formula is C16H22O2. The standard InChI is InChI=1S/C16H22O2/c1-14(8-6-7-9-15(2)17)12-18-13-16-10-4-3-5-11-16/h3-5,8,10-11H,6-7,9,12-13H2,1-2H3/b14-8+. The van der Waals surface area contributed by atoms with Gasteiger partial charge in [0.25, 0.3) is 0 Å². The summed E-state index contributed by atoms with van der Waals surface area (Å²) in [6.07, 6.45) is 4.73. The summed E-state index contributed by atoms with van der Waals surface area (Å²) < 4.78 is 5.62. The molecule has 0 aliphatic rings. The van der Waals surface area contributed by atoms with Gasteiger partial charge < -0.3 is 9.53 Å². The predicted molar refractivity (Wildman–Crippen MR) is 74.4 cm³/mol. The van der Waals surface area contributed by atoms with Crippen molar-refractivity contribution in [1.29, 1.82) is 0 Å². The average Bonchev–Trinajstić information content (AvgIpc) is 2.36. The third-order valence-electron chi connectivity index (χ3n) is 2.67. The molecule has 0 unspecified atom stereocenters. The van der Waals surface area contributed by atoms with Gasteiger partial charge in [-0.1, -0.05) is 42.0 Å². The molecule has 0 heterocycles. The van der Waals surface area contributed by atoms with Crippen molar-refractivity contribution in [3.05, 3.63) is 47.5 Å². The number of benzene rings is 1. The molecule has 1 aromatic carbocycles. The summed E-state index contributed by atoms with van der Waals surface area (Å²) in [5.74, 6) is 0.265. The topological polar surface area (TPSA) is 26.3 Å². The number of hydrogen-bond donors (Lipinski definition) is 0. The first kappa shape index (κ1) is 14.7. The van der Waals surface area contributed by atoms with Crippen molar-refractivity contribution < 1.29 is 9.53 Å². The summed E-state index contributed by atoms with van der Waals surface area (Å²) in [6, 6.07) is 10.2. The molecule has 1 rings (SSSR count). The van der Waals surface area contributed by atoms with Crippen LogP contribution in [0.1, 0.15) is 38.7 Å². The minimum atomic E-state index is 0.265. The van der Waals surface area contributed by atoms with E-state index in [0.29, 0.717) is 19.6 Å². The lowest BCUT2D eigenvalue weighted by atomic mass is 10.1. The fraction of sp³-hybridized carbons (Fsp3) is 0.438. The van der Waals surface area contributed by atoms with Crippen molar-refractivity contribution >= 4 is 5.78 Å². The van der Waals surface area contributed by atoms with Crippen molar-refractivity contribution in [3.63, 3.8) is 0 Å². The molecule has 0 amide bonds. The van der Waals surface area contributed by atoms with Crippen LogP contribution < -0.4 is 0 Å². The van der Waals surface area contributed by atoms with Crippen LogP contribution in [0, 0.1) is 0 Å². The second-order valence-electron chi connectivity index (χ2n) is 4.62. The summed E-state index contributed by atoms with van der Waals surface area (Å²) in [5, 5.41) is 0. The highest BCUT2D eigenvalue weighted by atomic mass is 16.5. The molecule has 0 radical (unpaired) electrons. The summed E-state index contributed by atoms with van der Waals surface area (Å²) in [4.78, 5) is 10.8. The summed E-state index contributed by atoms with van der Waals surface area (Å²) in [6.45, 7) is 5.02. The average molecular weight is 246 g/mol. The van der Waals surface area contributed by atoms with Crippen LogP contribution in [-0.2, 0) is 16.1 Å². The second kappa shape index (κ2) is 8.65. The van der Waals surface area contributed by atoms with E-state index in [1.165, 1.54) is 11.1 Å². The van der Waals surface area contributed by atoms with Crippen LogP contribution >= 0.6 is 0 Å². The highest BCUT2D eigenvalue weighted by Gasteiger charge is 1.95. The van der Waals surface area contributed by atoms with E-state index in [-0.39, 0.29) is 5.78 Å². The largest absolute Gasteiger partial charge is 0.372 e. The van der Waals surface area contributed by atoms with Gasteiger partial charge in [-0.3, -0.25) is 0 Å². The zero-order chi connectivity index (χ0) is 13.2. The quantitative estimate of drug-likeness (QED) is 0.513. The van der Waals surface area contributed by atoms with Gasteiger partial charge in [0.15, 0.2) is 0 Å². The van der Waals surface area contributed by atoms with E-state index in [4.69, 9.17) is 4.74 Å². The minimum Gasteiger partial charge on any atom is -0.372 e. The molecule has 0 spiro atoms. The molecule has 18 heavy (non-hydrogen) atoms. The van der Waals surface area contributed by atoms with Crippen molar-refractivity contribution in [3.8, 4) is 0 Å². The van der Waals surface area contributed by atoms with E-state index in [1.807, 2.05) is 18.2 Å². The van der Waals surface area contributed by atoms with Crippen molar-refractivity contribution in [1.82, 2.24) is 0 Å². The molecule has 0 aromatic heterocycles. The zero-order valence-electron chi connectivity index (χ0n) is 11.3. The third-order valence-corrected chi connectivity index (χ3v) is 2.67. The normalized spacial score (nSPS) is 11.6. The Morgan fingerprint density at radius 1 is 1.22 bits per heavy atom. The maximum atomic E-state index is 10.8. The second-order valence-corrected chi connectivity index (χ2v) is 4.62. The van der Waals surface area contributed by atoms with Gasteiger partial charge in [-0.15, -0.1) is 0 Å². The number of rotatable bonds is 8. The highest BCUT2D eigenvalue weighted by molar-refractivity contribution is 5.75. The molecule has 2 nitrogen and oxygen atoms in total. The third kappa shape index (κ3) is 7.02. The summed E-state index contributed by atoms with van der Waals surface area (Å²) in [7, 11) is 0. The zero-order valence-corrected chi connectivity index (χ0v) is 11.3.